The Morgan fingerprint density at radius 3 is 2.56 bits per heavy atom. The summed E-state index contributed by atoms with van der Waals surface area (Å²) in [6.07, 6.45) is 2.28. The van der Waals surface area contributed by atoms with Crippen LogP contribution in [0.15, 0.2) is 30.3 Å². The first-order chi connectivity index (χ1) is 8.65. The quantitative estimate of drug-likeness (QED) is 0.887. The fourth-order valence-electron chi connectivity index (χ4n) is 3.20. The molecule has 0 aliphatic carbocycles. The topological polar surface area (TPSA) is 29.3 Å². The van der Waals surface area contributed by atoms with E-state index in [1.165, 1.54) is 5.56 Å². The minimum Gasteiger partial charge on any atom is -0.327 e. The highest BCUT2D eigenvalue weighted by Gasteiger charge is 2.33. The summed E-state index contributed by atoms with van der Waals surface area (Å²) in [5.74, 6) is 0.580. The average molecular weight is 246 g/mol. The molecule has 100 valence electrons. The average Bonchev–Trinajstić information content (AvgIpc) is 2.41. The predicted octanol–water partition coefficient (Wildman–Crippen LogP) is 3.20. The van der Waals surface area contributed by atoms with Crippen LogP contribution >= 0.6 is 0 Å². The van der Waals surface area contributed by atoms with Gasteiger partial charge in [0.25, 0.3) is 0 Å². The Morgan fingerprint density at radius 2 is 1.94 bits per heavy atom. The molecule has 1 aromatic rings. The maximum Gasteiger partial charge on any atom is 0.0348 e. The van der Waals surface area contributed by atoms with Crippen molar-refractivity contribution >= 4 is 0 Å². The van der Waals surface area contributed by atoms with Gasteiger partial charge in [-0.05, 0) is 31.2 Å². The molecule has 4 atom stereocenters. The van der Waals surface area contributed by atoms with Crippen LogP contribution in [0.5, 0.6) is 0 Å². The number of piperidine rings is 1. The molecule has 1 saturated heterocycles. The number of nitrogens with two attached hydrogens (primary N) is 1. The molecular formula is C16H26N2. The Kier molecular flexibility index (Phi) is 4.41. The molecule has 1 aromatic carbocycles. The fourth-order valence-corrected chi connectivity index (χ4v) is 3.20. The van der Waals surface area contributed by atoms with Gasteiger partial charge in [-0.3, -0.25) is 4.90 Å². The van der Waals surface area contributed by atoms with Crippen molar-refractivity contribution in [3.63, 3.8) is 0 Å². The fraction of sp³-hybridized carbons (Fsp3) is 0.625. The van der Waals surface area contributed by atoms with Crippen molar-refractivity contribution in [1.82, 2.24) is 4.90 Å². The number of nitrogens with zero attached hydrogens (tertiary/aromatic N) is 1. The van der Waals surface area contributed by atoms with Gasteiger partial charge in [-0.1, -0.05) is 44.2 Å². The van der Waals surface area contributed by atoms with Gasteiger partial charge in [-0.15, -0.1) is 0 Å². The molecule has 2 rings (SSSR count). The van der Waals surface area contributed by atoms with Crippen LogP contribution in [0.2, 0.25) is 0 Å². The van der Waals surface area contributed by atoms with Crippen LogP contribution < -0.4 is 5.73 Å². The monoisotopic (exact) mass is 246 g/mol. The summed E-state index contributed by atoms with van der Waals surface area (Å²) < 4.78 is 0. The molecule has 0 aromatic heterocycles. The van der Waals surface area contributed by atoms with Crippen LogP contribution in [-0.2, 0) is 0 Å². The van der Waals surface area contributed by atoms with Gasteiger partial charge in [0, 0.05) is 24.7 Å². The number of likely N-dealkylation sites (tertiary alicyclic amines) is 1. The molecule has 4 unspecified atom stereocenters. The molecule has 0 spiro atoms. The third-order valence-corrected chi connectivity index (χ3v) is 4.65. The lowest BCUT2D eigenvalue weighted by molar-refractivity contribution is 0.0537. The van der Waals surface area contributed by atoms with E-state index < -0.39 is 0 Å². The lowest BCUT2D eigenvalue weighted by Crippen LogP contribution is -2.52. The van der Waals surface area contributed by atoms with E-state index >= 15 is 0 Å². The van der Waals surface area contributed by atoms with Crippen LogP contribution in [0, 0.1) is 5.92 Å². The van der Waals surface area contributed by atoms with Gasteiger partial charge in [0.2, 0.25) is 0 Å². The lowest BCUT2D eigenvalue weighted by atomic mass is 9.85. The summed E-state index contributed by atoms with van der Waals surface area (Å²) in [5.41, 5.74) is 7.62. The molecule has 1 aliphatic rings. The van der Waals surface area contributed by atoms with E-state index in [1.807, 2.05) is 0 Å². The second-order valence-corrected chi connectivity index (χ2v) is 5.62. The van der Waals surface area contributed by atoms with Gasteiger partial charge >= 0.3 is 0 Å². The Hall–Kier alpha value is -0.860. The molecule has 1 heterocycles. The van der Waals surface area contributed by atoms with Crippen LogP contribution in [0.1, 0.15) is 45.2 Å². The van der Waals surface area contributed by atoms with E-state index in [9.17, 15) is 0 Å². The molecule has 0 bridgehead atoms. The van der Waals surface area contributed by atoms with Crippen molar-refractivity contribution in [1.29, 1.82) is 0 Å². The van der Waals surface area contributed by atoms with Crippen molar-refractivity contribution in [2.75, 3.05) is 6.54 Å². The van der Waals surface area contributed by atoms with E-state index in [2.05, 4.69) is 56.0 Å². The third kappa shape index (κ3) is 2.60. The molecule has 0 amide bonds. The normalized spacial score (nSPS) is 31.2. The minimum atomic E-state index is 0.365. The number of rotatable bonds is 3. The molecule has 2 N–H and O–H groups in total. The summed E-state index contributed by atoms with van der Waals surface area (Å²) in [6, 6.07) is 12.3. The van der Waals surface area contributed by atoms with Crippen LogP contribution in [-0.4, -0.2) is 23.5 Å². The van der Waals surface area contributed by atoms with E-state index in [0.29, 0.717) is 24.0 Å². The number of hydrogen-bond donors (Lipinski definition) is 1. The van der Waals surface area contributed by atoms with E-state index in [-0.39, 0.29) is 0 Å². The molecular weight excluding hydrogens is 220 g/mol. The smallest absolute Gasteiger partial charge is 0.0348 e. The van der Waals surface area contributed by atoms with Crippen molar-refractivity contribution in [3.8, 4) is 0 Å². The van der Waals surface area contributed by atoms with Crippen molar-refractivity contribution in [3.05, 3.63) is 35.9 Å². The molecule has 1 aliphatic heterocycles. The largest absolute Gasteiger partial charge is 0.327 e. The summed E-state index contributed by atoms with van der Waals surface area (Å²) in [5, 5.41) is 0. The van der Waals surface area contributed by atoms with Crippen molar-refractivity contribution in [2.45, 2.75) is 51.7 Å². The minimum absolute atomic E-state index is 0.365. The Morgan fingerprint density at radius 1 is 1.28 bits per heavy atom. The Balaban J connectivity index is 2.18. The van der Waals surface area contributed by atoms with Gasteiger partial charge in [0.15, 0.2) is 0 Å². The highest BCUT2D eigenvalue weighted by molar-refractivity contribution is 5.19. The molecule has 0 radical (unpaired) electrons. The van der Waals surface area contributed by atoms with Crippen LogP contribution in [0.3, 0.4) is 0 Å². The molecule has 1 fully saturated rings. The predicted molar refractivity (Wildman–Crippen MR) is 77.4 cm³/mol. The van der Waals surface area contributed by atoms with Gasteiger partial charge in [0.1, 0.15) is 0 Å². The van der Waals surface area contributed by atoms with Gasteiger partial charge in [-0.25, -0.2) is 0 Å². The maximum absolute atomic E-state index is 6.18. The third-order valence-electron chi connectivity index (χ3n) is 4.65. The first kappa shape index (κ1) is 13.6. The van der Waals surface area contributed by atoms with E-state index in [4.69, 9.17) is 5.73 Å². The zero-order valence-corrected chi connectivity index (χ0v) is 11.8. The highest BCUT2D eigenvalue weighted by Crippen LogP contribution is 2.32. The summed E-state index contributed by atoms with van der Waals surface area (Å²) in [4.78, 5) is 2.64. The number of benzene rings is 1. The zero-order chi connectivity index (χ0) is 13.1. The molecule has 2 nitrogen and oxygen atoms in total. The molecule has 2 heteroatoms. The van der Waals surface area contributed by atoms with Crippen LogP contribution in [0.25, 0.3) is 0 Å². The SMILES string of the molecule is CCC(c1ccccc1)N1CCC(N)C(C)C1C. The van der Waals surface area contributed by atoms with Crippen molar-refractivity contribution in [2.24, 2.45) is 11.7 Å². The highest BCUT2D eigenvalue weighted by atomic mass is 15.2. The summed E-state index contributed by atoms with van der Waals surface area (Å²) in [7, 11) is 0. The molecule has 0 saturated carbocycles. The first-order valence-corrected chi connectivity index (χ1v) is 7.21. The van der Waals surface area contributed by atoms with Gasteiger partial charge < -0.3 is 5.73 Å². The Bertz CT molecular complexity index is 363. The Labute approximate surface area is 111 Å². The van der Waals surface area contributed by atoms with Gasteiger partial charge in [-0.2, -0.15) is 0 Å². The van der Waals surface area contributed by atoms with E-state index in [1.54, 1.807) is 0 Å². The van der Waals surface area contributed by atoms with Gasteiger partial charge in [0.05, 0.1) is 0 Å². The van der Waals surface area contributed by atoms with Crippen LogP contribution in [0.4, 0.5) is 0 Å². The lowest BCUT2D eigenvalue weighted by Gasteiger charge is -2.45. The van der Waals surface area contributed by atoms with E-state index in [0.717, 1.165) is 19.4 Å². The maximum atomic E-state index is 6.18. The molecule has 18 heavy (non-hydrogen) atoms. The zero-order valence-electron chi connectivity index (χ0n) is 11.8. The second kappa shape index (κ2) is 5.85. The summed E-state index contributed by atoms with van der Waals surface area (Å²) in [6.45, 7) is 8.03. The summed E-state index contributed by atoms with van der Waals surface area (Å²) >= 11 is 0. The first-order valence-electron chi connectivity index (χ1n) is 7.21. The van der Waals surface area contributed by atoms with Crippen molar-refractivity contribution < 1.29 is 0 Å². The standard InChI is InChI=1S/C16H26N2/c1-4-16(14-8-6-5-7-9-14)18-11-10-15(17)12(2)13(18)3/h5-9,12-13,15-16H,4,10-11,17H2,1-3H3. The number of hydrogen-bond acceptors (Lipinski definition) is 2. The second-order valence-electron chi connectivity index (χ2n) is 5.62.